The fraction of sp³-hybridized carbons (Fsp3) is 0.400. The summed E-state index contributed by atoms with van der Waals surface area (Å²) in [5.41, 5.74) is 5.67. The Labute approximate surface area is 97.0 Å². The first-order valence-corrected chi connectivity index (χ1v) is 6.01. The van der Waals surface area contributed by atoms with Crippen molar-refractivity contribution < 1.29 is 0 Å². The minimum Gasteiger partial charge on any atom is -0.329 e. The Morgan fingerprint density at radius 2 is 2.43 bits per heavy atom. The molecule has 0 radical (unpaired) electrons. The molecule has 0 aromatic carbocycles. The highest BCUT2D eigenvalue weighted by atomic mass is 79.9. The predicted molar refractivity (Wildman–Crippen MR) is 65.3 cm³/mol. The third-order valence-electron chi connectivity index (χ3n) is 1.83. The van der Waals surface area contributed by atoms with Crippen LogP contribution in [0.25, 0.3) is 0 Å². The molecule has 1 aromatic rings. The van der Waals surface area contributed by atoms with E-state index in [4.69, 9.17) is 12.2 Å². The van der Waals surface area contributed by atoms with Crippen LogP contribution < -0.4 is 11.1 Å². The number of halogens is 1. The molecule has 0 aliphatic heterocycles. The Bertz CT molecular complexity index is 316. The molecule has 1 aromatic heterocycles. The van der Waals surface area contributed by atoms with Gasteiger partial charge in [-0.1, -0.05) is 0 Å². The van der Waals surface area contributed by atoms with Gasteiger partial charge in [-0.05, 0) is 28.1 Å². The van der Waals surface area contributed by atoms with Crippen LogP contribution >= 0.6 is 27.3 Å². The lowest BCUT2D eigenvalue weighted by Crippen LogP contribution is -2.28. The smallest absolute Gasteiger partial charge is 0.0702 e. The summed E-state index contributed by atoms with van der Waals surface area (Å²) >= 11 is 5.13. The van der Waals surface area contributed by atoms with E-state index in [9.17, 15) is 0 Å². The molecule has 2 nitrogen and oxygen atoms in total. The van der Waals surface area contributed by atoms with Crippen molar-refractivity contribution in [1.29, 1.82) is 0 Å². The molecule has 0 aliphatic rings. The molecule has 4 heteroatoms. The van der Waals surface area contributed by atoms with Crippen molar-refractivity contribution in [3.05, 3.63) is 20.8 Å². The number of nitrogens with two attached hydrogens (primary N) is 1. The van der Waals surface area contributed by atoms with E-state index in [0.717, 1.165) is 16.8 Å². The quantitative estimate of drug-likeness (QED) is 0.637. The van der Waals surface area contributed by atoms with E-state index < -0.39 is 0 Å². The molecule has 1 unspecified atom stereocenters. The average molecular weight is 273 g/mol. The Hall–Kier alpha value is -0.340. The van der Waals surface area contributed by atoms with Crippen molar-refractivity contribution in [3.8, 4) is 12.3 Å². The van der Waals surface area contributed by atoms with E-state index in [-0.39, 0.29) is 6.04 Å². The molecule has 0 spiro atoms. The largest absolute Gasteiger partial charge is 0.329 e. The standard InChI is InChI=1S/C10H13BrN2S/c1-2-3-6-13-8(7-12)9-4-5-10(11)14-9/h1,4-5,8,13H,3,6-7,12H2. The molecule has 0 fully saturated rings. The number of hydrogen-bond donors (Lipinski definition) is 2. The number of terminal acetylenes is 1. The van der Waals surface area contributed by atoms with Gasteiger partial charge in [0.1, 0.15) is 0 Å². The summed E-state index contributed by atoms with van der Waals surface area (Å²) < 4.78 is 1.13. The van der Waals surface area contributed by atoms with Crippen molar-refractivity contribution in [3.63, 3.8) is 0 Å². The Morgan fingerprint density at radius 1 is 1.64 bits per heavy atom. The maximum atomic E-state index is 5.67. The van der Waals surface area contributed by atoms with Crippen LogP contribution in [0, 0.1) is 12.3 Å². The fourth-order valence-corrected chi connectivity index (χ4v) is 2.65. The lowest BCUT2D eigenvalue weighted by molar-refractivity contribution is 0.558. The van der Waals surface area contributed by atoms with Crippen LogP contribution in [0.4, 0.5) is 0 Å². The SMILES string of the molecule is C#CCCNC(CN)c1ccc(Br)s1. The summed E-state index contributed by atoms with van der Waals surface area (Å²) in [6.07, 6.45) is 5.91. The normalized spacial score (nSPS) is 12.4. The molecule has 0 saturated heterocycles. The third-order valence-corrected chi connectivity index (χ3v) is 3.57. The highest BCUT2D eigenvalue weighted by Gasteiger charge is 2.10. The van der Waals surface area contributed by atoms with Crippen molar-refractivity contribution in [1.82, 2.24) is 5.32 Å². The molecule has 0 bridgehead atoms. The third kappa shape index (κ3) is 3.43. The van der Waals surface area contributed by atoms with Gasteiger partial charge in [-0.15, -0.1) is 23.7 Å². The average Bonchev–Trinajstić information content (AvgIpc) is 2.60. The summed E-state index contributed by atoms with van der Waals surface area (Å²) in [6.45, 7) is 1.41. The molecule has 1 rings (SSSR count). The molecule has 0 aliphatic carbocycles. The van der Waals surface area contributed by atoms with Gasteiger partial charge in [0.05, 0.1) is 9.83 Å². The minimum atomic E-state index is 0.222. The molecule has 3 N–H and O–H groups in total. The highest BCUT2D eigenvalue weighted by molar-refractivity contribution is 9.11. The summed E-state index contributed by atoms with van der Waals surface area (Å²) in [5, 5.41) is 3.32. The van der Waals surface area contributed by atoms with Crippen molar-refractivity contribution in [2.75, 3.05) is 13.1 Å². The second-order valence-electron chi connectivity index (χ2n) is 2.84. The van der Waals surface area contributed by atoms with Gasteiger partial charge >= 0.3 is 0 Å². The zero-order valence-corrected chi connectivity index (χ0v) is 10.2. The second kappa shape index (κ2) is 6.20. The van der Waals surface area contributed by atoms with Gasteiger partial charge in [-0.2, -0.15) is 0 Å². The lowest BCUT2D eigenvalue weighted by atomic mass is 10.2. The zero-order valence-electron chi connectivity index (χ0n) is 7.79. The maximum absolute atomic E-state index is 5.67. The van der Waals surface area contributed by atoms with Crippen LogP contribution in [-0.2, 0) is 0 Å². The predicted octanol–water partition coefficient (Wildman–Crippen LogP) is 2.12. The van der Waals surface area contributed by atoms with Gasteiger partial charge in [0.25, 0.3) is 0 Å². The van der Waals surface area contributed by atoms with E-state index in [1.54, 1.807) is 11.3 Å². The monoisotopic (exact) mass is 272 g/mol. The Balaban J connectivity index is 2.50. The van der Waals surface area contributed by atoms with Crippen LogP contribution in [0.3, 0.4) is 0 Å². The van der Waals surface area contributed by atoms with Crippen LogP contribution in [-0.4, -0.2) is 13.1 Å². The summed E-state index contributed by atoms with van der Waals surface area (Å²) in [5.74, 6) is 2.59. The van der Waals surface area contributed by atoms with Crippen molar-refractivity contribution in [2.24, 2.45) is 5.73 Å². The van der Waals surface area contributed by atoms with Gasteiger partial charge in [-0.25, -0.2) is 0 Å². The first-order valence-electron chi connectivity index (χ1n) is 4.40. The summed E-state index contributed by atoms with van der Waals surface area (Å²) in [7, 11) is 0. The minimum absolute atomic E-state index is 0.222. The van der Waals surface area contributed by atoms with Crippen LogP contribution in [0.2, 0.25) is 0 Å². The van der Waals surface area contributed by atoms with E-state index in [2.05, 4.69) is 33.2 Å². The molecule has 0 amide bonds. The van der Waals surface area contributed by atoms with Crippen LogP contribution in [0.1, 0.15) is 17.3 Å². The van der Waals surface area contributed by atoms with Gasteiger partial charge in [-0.3, -0.25) is 0 Å². The lowest BCUT2D eigenvalue weighted by Gasteiger charge is -2.13. The fourth-order valence-electron chi connectivity index (χ4n) is 1.13. The van der Waals surface area contributed by atoms with Gasteiger partial charge in [0.2, 0.25) is 0 Å². The Kier molecular flexibility index (Phi) is 5.20. The summed E-state index contributed by atoms with van der Waals surface area (Å²) in [6, 6.07) is 4.33. The molecular weight excluding hydrogens is 260 g/mol. The zero-order chi connectivity index (χ0) is 10.4. The summed E-state index contributed by atoms with van der Waals surface area (Å²) in [4.78, 5) is 1.25. The first-order chi connectivity index (χ1) is 6.77. The van der Waals surface area contributed by atoms with Gasteiger partial charge in [0.15, 0.2) is 0 Å². The molecule has 1 heterocycles. The molecule has 14 heavy (non-hydrogen) atoms. The van der Waals surface area contributed by atoms with Crippen molar-refractivity contribution in [2.45, 2.75) is 12.5 Å². The van der Waals surface area contributed by atoms with E-state index >= 15 is 0 Å². The maximum Gasteiger partial charge on any atom is 0.0702 e. The molecule has 1 atom stereocenters. The number of thiophene rings is 1. The highest BCUT2D eigenvalue weighted by Crippen LogP contribution is 2.26. The molecular formula is C10H13BrN2S. The first kappa shape index (κ1) is 11.7. The van der Waals surface area contributed by atoms with Gasteiger partial charge < -0.3 is 11.1 Å². The number of hydrogen-bond acceptors (Lipinski definition) is 3. The molecule has 0 saturated carbocycles. The number of rotatable bonds is 5. The Morgan fingerprint density at radius 3 is 2.93 bits per heavy atom. The van der Waals surface area contributed by atoms with Crippen LogP contribution in [0.15, 0.2) is 15.9 Å². The topological polar surface area (TPSA) is 38.0 Å². The van der Waals surface area contributed by atoms with Crippen molar-refractivity contribution >= 4 is 27.3 Å². The van der Waals surface area contributed by atoms with E-state index in [1.807, 2.05) is 6.07 Å². The van der Waals surface area contributed by atoms with Gasteiger partial charge in [0, 0.05) is 24.4 Å². The van der Waals surface area contributed by atoms with E-state index in [0.29, 0.717) is 6.54 Å². The van der Waals surface area contributed by atoms with Crippen LogP contribution in [0.5, 0.6) is 0 Å². The number of nitrogens with one attached hydrogen (secondary N) is 1. The second-order valence-corrected chi connectivity index (χ2v) is 5.33. The molecule has 76 valence electrons. The van der Waals surface area contributed by atoms with E-state index in [1.165, 1.54) is 4.88 Å².